The van der Waals surface area contributed by atoms with Gasteiger partial charge in [-0.05, 0) is 51.4 Å². The Bertz CT molecular complexity index is 358. The number of ether oxygens (including phenoxy) is 1. The first-order chi connectivity index (χ1) is 9.00. The minimum absolute atomic E-state index is 0.122. The molecule has 108 valence electrons. The molecule has 0 radical (unpaired) electrons. The van der Waals surface area contributed by atoms with E-state index in [1.807, 2.05) is 0 Å². The van der Waals surface area contributed by atoms with Gasteiger partial charge < -0.3 is 9.64 Å². The van der Waals surface area contributed by atoms with Gasteiger partial charge in [-0.15, -0.1) is 0 Å². The molecule has 3 aliphatic rings. The Hall–Kier alpha value is -0.570. The molecule has 0 aromatic rings. The van der Waals surface area contributed by atoms with Crippen molar-refractivity contribution in [1.82, 2.24) is 4.90 Å². The molecule has 0 aromatic heterocycles. The summed E-state index contributed by atoms with van der Waals surface area (Å²) in [6.45, 7) is 6.98. The highest BCUT2D eigenvalue weighted by molar-refractivity contribution is 5.79. The van der Waals surface area contributed by atoms with Crippen LogP contribution in [0.15, 0.2) is 0 Å². The second-order valence-electron chi connectivity index (χ2n) is 7.51. The summed E-state index contributed by atoms with van der Waals surface area (Å²) in [4.78, 5) is 14.9. The lowest BCUT2D eigenvalue weighted by atomic mass is 9.85. The van der Waals surface area contributed by atoms with Gasteiger partial charge in [0.1, 0.15) is 0 Å². The van der Waals surface area contributed by atoms with Gasteiger partial charge in [0.05, 0.1) is 5.60 Å². The zero-order valence-corrected chi connectivity index (χ0v) is 12.4. The molecule has 3 rings (SSSR count). The van der Waals surface area contributed by atoms with Crippen molar-refractivity contribution in [1.29, 1.82) is 0 Å². The average Bonchev–Trinajstić information content (AvgIpc) is 2.98. The molecule has 1 atom stereocenters. The fraction of sp³-hybridized carbons (Fsp3) is 0.938. The Morgan fingerprint density at radius 3 is 2.63 bits per heavy atom. The third-order valence-corrected chi connectivity index (χ3v) is 5.46. The summed E-state index contributed by atoms with van der Waals surface area (Å²) in [6.07, 6.45) is 8.46. The SMILES string of the molecule is CC1(C)C[C@@H](C(=O)N2CCC3(CCCC3)C2)CCO1. The van der Waals surface area contributed by atoms with Gasteiger partial charge in [-0.2, -0.15) is 0 Å². The van der Waals surface area contributed by atoms with Crippen molar-refractivity contribution < 1.29 is 9.53 Å². The van der Waals surface area contributed by atoms with Crippen LogP contribution < -0.4 is 0 Å². The molecule has 1 aliphatic carbocycles. The van der Waals surface area contributed by atoms with Crippen LogP contribution in [0.2, 0.25) is 0 Å². The molecular formula is C16H27NO2. The van der Waals surface area contributed by atoms with Crippen LogP contribution in [0.3, 0.4) is 0 Å². The van der Waals surface area contributed by atoms with E-state index >= 15 is 0 Å². The van der Waals surface area contributed by atoms with Crippen LogP contribution in [0.4, 0.5) is 0 Å². The first kappa shape index (κ1) is 13.4. The molecule has 1 amide bonds. The lowest BCUT2D eigenvalue weighted by Crippen LogP contribution is -2.43. The molecule has 1 spiro atoms. The average molecular weight is 265 g/mol. The van der Waals surface area contributed by atoms with Crippen molar-refractivity contribution in [2.45, 2.75) is 64.4 Å². The highest BCUT2D eigenvalue weighted by Crippen LogP contribution is 2.46. The lowest BCUT2D eigenvalue weighted by Gasteiger charge is -2.36. The van der Waals surface area contributed by atoms with Crippen LogP contribution in [0, 0.1) is 11.3 Å². The maximum atomic E-state index is 12.7. The molecule has 2 aliphatic heterocycles. The minimum Gasteiger partial charge on any atom is -0.376 e. The predicted molar refractivity (Wildman–Crippen MR) is 74.9 cm³/mol. The fourth-order valence-corrected chi connectivity index (χ4v) is 4.36. The van der Waals surface area contributed by atoms with E-state index in [0.29, 0.717) is 11.3 Å². The molecule has 19 heavy (non-hydrogen) atoms. The summed E-state index contributed by atoms with van der Waals surface area (Å²) < 4.78 is 5.73. The van der Waals surface area contributed by atoms with Crippen LogP contribution >= 0.6 is 0 Å². The largest absolute Gasteiger partial charge is 0.376 e. The van der Waals surface area contributed by atoms with E-state index in [-0.39, 0.29) is 11.5 Å². The Morgan fingerprint density at radius 2 is 1.95 bits per heavy atom. The number of hydrogen-bond acceptors (Lipinski definition) is 2. The predicted octanol–water partition coefficient (Wildman–Crippen LogP) is 2.98. The molecule has 0 bridgehead atoms. The summed E-state index contributed by atoms with van der Waals surface area (Å²) in [7, 11) is 0. The summed E-state index contributed by atoms with van der Waals surface area (Å²) in [5.41, 5.74) is 0.375. The van der Waals surface area contributed by atoms with E-state index in [1.165, 1.54) is 32.1 Å². The number of likely N-dealkylation sites (tertiary alicyclic amines) is 1. The lowest BCUT2D eigenvalue weighted by molar-refractivity contribution is -0.144. The second-order valence-corrected chi connectivity index (χ2v) is 7.51. The van der Waals surface area contributed by atoms with Crippen LogP contribution in [-0.4, -0.2) is 36.1 Å². The molecule has 1 saturated carbocycles. The number of carbonyl (C=O) groups is 1. The summed E-state index contributed by atoms with van der Waals surface area (Å²) in [5, 5.41) is 0. The second kappa shape index (κ2) is 4.76. The molecule has 0 N–H and O–H groups in total. The van der Waals surface area contributed by atoms with Gasteiger partial charge in [-0.1, -0.05) is 12.8 Å². The van der Waals surface area contributed by atoms with Crippen molar-refractivity contribution >= 4 is 5.91 Å². The zero-order chi connectivity index (χ0) is 13.5. The molecular weight excluding hydrogens is 238 g/mol. The molecule has 2 saturated heterocycles. The van der Waals surface area contributed by atoms with Gasteiger partial charge in [0.15, 0.2) is 0 Å². The summed E-state index contributed by atoms with van der Waals surface area (Å²) in [6, 6.07) is 0. The molecule has 0 unspecified atom stereocenters. The smallest absolute Gasteiger partial charge is 0.225 e. The third kappa shape index (κ3) is 2.67. The van der Waals surface area contributed by atoms with Crippen LogP contribution in [-0.2, 0) is 9.53 Å². The van der Waals surface area contributed by atoms with Gasteiger partial charge in [-0.3, -0.25) is 4.79 Å². The number of rotatable bonds is 1. The van der Waals surface area contributed by atoms with E-state index in [0.717, 1.165) is 32.5 Å². The fourth-order valence-electron chi connectivity index (χ4n) is 4.36. The van der Waals surface area contributed by atoms with Gasteiger partial charge in [0.25, 0.3) is 0 Å². The maximum Gasteiger partial charge on any atom is 0.225 e. The number of nitrogens with zero attached hydrogens (tertiary/aromatic N) is 1. The number of amides is 1. The van der Waals surface area contributed by atoms with E-state index in [2.05, 4.69) is 18.7 Å². The topological polar surface area (TPSA) is 29.5 Å². The van der Waals surface area contributed by atoms with Gasteiger partial charge in [-0.25, -0.2) is 0 Å². The molecule has 0 aromatic carbocycles. The highest BCUT2D eigenvalue weighted by Gasteiger charge is 2.44. The van der Waals surface area contributed by atoms with Crippen molar-refractivity contribution in [2.24, 2.45) is 11.3 Å². The molecule has 3 fully saturated rings. The van der Waals surface area contributed by atoms with Gasteiger partial charge in [0.2, 0.25) is 5.91 Å². The normalized spacial score (nSPS) is 32.9. The quantitative estimate of drug-likeness (QED) is 0.729. The molecule has 3 nitrogen and oxygen atoms in total. The van der Waals surface area contributed by atoms with E-state index in [1.54, 1.807) is 0 Å². The summed E-state index contributed by atoms with van der Waals surface area (Å²) >= 11 is 0. The van der Waals surface area contributed by atoms with Crippen molar-refractivity contribution in [3.63, 3.8) is 0 Å². The van der Waals surface area contributed by atoms with E-state index in [4.69, 9.17) is 4.74 Å². The zero-order valence-electron chi connectivity index (χ0n) is 12.4. The van der Waals surface area contributed by atoms with Crippen molar-refractivity contribution in [3.05, 3.63) is 0 Å². The first-order valence-corrected chi connectivity index (χ1v) is 7.93. The standard InChI is InChI=1S/C16H27NO2/c1-15(2)11-13(5-10-19-15)14(18)17-9-8-16(12-17)6-3-4-7-16/h13H,3-12H2,1-2H3/t13-/m0/s1. The van der Waals surface area contributed by atoms with Crippen LogP contribution in [0.1, 0.15) is 58.8 Å². The van der Waals surface area contributed by atoms with Gasteiger partial charge >= 0.3 is 0 Å². The van der Waals surface area contributed by atoms with E-state index < -0.39 is 0 Å². The Kier molecular flexibility index (Phi) is 3.36. The van der Waals surface area contributed by atoms with Crippen molar-refractivity contribution in [2.75, 3.05) is 19.7 Å². The maximum absolute atomic E-state index is 12.7. The first-order valence-electron chi connectivity index (χ1n) is 7.93. The Labute approximate surface area is 116 Å². The van der Waals surface area contributed by atoms with Crippen LogP contribution in [0.25, 0.3) is 0 Å². The molecule has 3 heteroatoms. The number of hydrogen-bond donors (Lipinski definition) is 0. The monoisotopic (exact) mass is 265 g/mol. The Balaban J connectivity index is 1.62. The highest BCUT2D eigenvalue weighted by atomic mass is 16.5. The number of carbonyl (C=O) groups excluding carboxylic acids is 1. The van der Waals surface area contributed by atoms with Gasteiger partial charge in [0, 0.05) is 25.6 Å². The Morgan fingerprint density at radius 1 is 1.21 bits per heavy atom. The minimum atomic E-state index is -0.122. The third-order valence-electron chi connectivity index (χ3n) is 5.46. The molecule has 2 heterocycles. The summed E-state index contributed by atoms with van der Waals surface area (Å²) in [5.74, 6) is 0.598. The van der Waals surface area contributed by atoms with E-state index in [9.17, 15) is 4.79 Å². The van der Waals surface area contributed by atoms with Crippen LogP contribution in [0.5, 0.6) is 0 Å². The van der Waals surface area contributed by atoms with Crippen molar-refractivity contribution in [3.8, 4) is 0 Å².